The van der Waals surface area contributed by atoms with Crippen molar-refractivity contribution < 1.29 is 14.3 Å². The Kier molecular flexibility index (Phi) is 3.77. The van der Waals surface area contributed by atoms with Crippen LogP contribution in [-0.2, 0) is 4.79 Å². The summed E-state index contributed by atoms with van der Waals surface area (Å²) >= 11 is 0. The third-order valence-electron chi connectivity index (χ3n) is 3.16. The Morgan fingerprint density at radius 3 is 2.48 bits per heavy atom. The number of nitrogens with one attached hydrogen (secondary N) is 1. The van der Waals surface area contributed by atoms with Crippen molar-refractivity contribution in [1.82, 2.24) is 4.98 Å². The Hall–Kier alpha value is -3.59. The maximum absolute atomic E-state index is 11.6. The average molecular weight is 305 g/mol. The highest BCUT2D eigenvalue weighted by Gasteiger charge is 2.18. The highest BCUT2D eigenvalue weighted by molar-refractivity contribution is 6.17. The van der Waals surface area contributed by atoms with Crippen LogP contribution in [-0.4, -0.2) is 16.1 Å². The van der Waals surface area contributed by atoms with Crippen LogP contribution in [0.15, 0.2) is 64.7 Å². The van der Waals surface area contributed by atoms with Crippen LogP contribution in [0, 0.1) is 11.3 Å². The number of benzene rings is 2. The molecule has 2 aromatic carbocycles. The Morgan fingerprint density at radius 2 is 1.83 bits per heavy atom. The summed E-state index contributed by atoms with van der Waals surface area (Å²) < 4.78 is 5.47. The molecule has 0 spiro atoms. The number of anilines is 1. The number of carboxylic acid groups (broad SMARTS) is 1. The number of nitrogens with zero attached hydrogens (tertiary/aromatic N) is 2. The number of oxazole rings is 1. The molecule has 6 heteroatoms. The number of allylic oxidation sites excluding steroid dienone is 1. The molecular weight excluding hydrogens is 294 g/mol. The van der Waals surface area contributed by atoms with Gasteiger partial charge in [0.15, 0.2) is 5.58 Å². The number of hydrogen-bond acceptors (Lipinski definition) is 5. The van der Waals surface area contributed by atoms with Gasteiger partial charge in [0.1, 0.15) is 22.9 Å². The van der Waals surface area contributed by atoms with Gasteiger partial charge in [-0.3, -0.25) is 5.32 Å². The van der Waals surface area contributed by atoms with Gasteiger partial charge in [0.05, 0.1) is 0 Å². The molecule has 0 aliphatic carbocycles. The van der Waals surface area contributed by atoms with Crippen LogP contribution in [0.1, 0.15) is 5.56 Å². The largest absolute Gasteiger partial charge is 0.478 e. The van der Waals surface area contributed by atoms with Crippen molar-refractivity contribution >= 4 is 28.7 Å². The SMILES string of the molecule is N#CC(Nc1nc2ccccc2o1)=C(C(=O)O)c1ccccc1. The minimum absolute atomic E-state index is 0.0671. The van der Waals surface area contributed by atoms with E-state index in [0.717, 1.165) is 0 Å². The lowest BCUT2D eigenvalue weighted by molar-refractivity contribution is -0.130. The second-order valence-corrected chi connectivity index (χ2v) is 4.64. The first-order chi connectivity index (χ1) is 11.2. The minimum atomic E-state index is -1.21. The van der Waals surface area contributed by atoms with E-state index in [1.165, 1.54) is 0 Å². The monoisotopic (exact) mass is 305 g/mol. The lowest BCUT2D eigenvalue weighted by Gasteiger charge is -2.06. The molecule has 3 aromatic rings. The summed E-state index contributed by atoms with van der Waals surface area (Å²) in [4.78, 5) is 15.7. The zero-order valence-electron chi connectivity index (χ0n) is 11.9. The van der Waals surface area contributed by atoms with Crippen LogP contribution in [0.25, 0.3) is 16.7 Å². The van der Waals surface area contributed by atoms with E-state index in [4.69, 9.17) is 4.42 Å². The zero-order chi connectivity index (χ0) is 16.2. The lowest BCUT2D eigenvalue weighted by atomic mass is 10.0. The van der Waals surface area contributed by atoms with Crippen molar-refractivity contribution in [2.75, 3.05) is 5.32 Å². The number of carbonyl (C=O) groups is 1. The van der Waals surface area contributed by atoms with Gasteiger partial charge < -0.3 is 9.52 Å². The van der Waals surface area contributed by atoms with Gasteiger partial charge in [0, 0.05) is 0 Å². The predicted octanol–water partition coefficient (Wildman–Crippen LogP) is 3.26. The van der Waals surface area contributed by atoms with Gasteiger partial charge >= 0.3 is 12.0 Å². The second kappa shape index (κ2) is 6.03. The van der Waals surface area contributed by atoms with Crippen molar-refractivity contribution in [2.24, 2.45) is 0 Å². The van der Waals surface area contributed by atoms with Gasteiger partial charge in [-0.15, -0.1) is 0 Å². The molecule has 0 aliphatic heterocycles. The van der Waals surface area contributed by atoms with Crippen molar-refractivity contribution in [3.8, 4) is 6.07 Å². The smallest absolute Gasteiger partial charge is 0.339 e. The molecule has 0 saturated carbocycles. The van der Waals surface area contributed by atoms with Crippen molar-refractivity contribution in [3.63, 3.8) is 0 Å². The van der Waals surface area contributed by atoms with Crippen LogP contribution in [0.5, 0.6) is 0 Å². The van der Waals surface area contributed by atoms with Crippen molar-refractivity contribution in [1.29, 1.82) is 5.26 Å². The standard InChI is InChI=1S/C17H11N3O3/c18-10-13(15(16(21)22)11-6-2-1-3-7-11)20-17-19-12-8-4-5-9-14(12)23-17/h1-9H,(H,19,20)(H,21,22). The molecule has 2 N–H and O–H groups in total. The Balaban J connectivity index is 2.06. The first kappa shape index (κ1) is 14.4. The summed E-state index contributed by atoms with van der Waals surface area (Å²) in [6.07, 6.45) is 0. The molecule has 0 aliphatic rings. The van der Waals surface area contributed by atoms with Gasteiger partial charge in [-0.1, -0.05) is 42.5 Å². The van der Waals surface area contributed by atoms with Crippen molar-refractivity contribution in [2.45, 2.75) is 0 Å². The molecule has 0 amide bonds. The van der Waals surface area contributed by atoms with Crippen LogP contribution >= 0.6 is 0 Å². The van der Waals surface area contributed by atoms with E-state index >= 15 is 0 Å². The molecule has 3 rings (SSSR count). The van der Waals surface area contributed by atoms with E-state index in [2.05, 4.69) is 10.3 Å². The number of fused-ring (bicyclic) bond motifs is 1. The van der Waals surface area contributed by atoms with E-state index in [1.54, 1.807) is 48.5 Å². The number of nitriles is 1. The van der Waals surface area contributed by atoms with Crippen LogP contribution < -0.4 is 5.32 Å². The Labute approximate surface area is 131 Å². The first-order valence-corrected chi connectivity index (χ1v) is 6.74. The molecular formula is C17H11N3O3. The molecule has 6 nitrogen and oxygen atoms in total. The van der Waals surface area contributed by atoms with Gasteiger partial charge in [-0.2, -0.15) is 10.2 Å². The summed E-state index contributed by atoms with van der Waals surface area (Å²) in [7, 11) is 0. The molecule has 0 radical (unpaired) electrons. The molecule has 0 bridgehead atoms. The van der Waals surface area contributed by atoms with Gasteiger partial charge in [0.25, 0.3) is 0 Å². The van der Waals surface area contributed by atoms with Crippen LogP contribution in [0.3, 0.4) is 0 Å². The van der Waals surface area contributed by atoms with Gasteiger partial charge in [0.2, 0.25) is 0 Å². The zero-order valence-corrected chi connectivity index (χ0v) is 11.9. The molecule has 1 aromatic heterocycles. The topological polar surface area (TPSA) is 99.2 Å². The predicted molar refractivity (Wildman–Crippen MR) is 84.2 cm³/mol. The third kappa shape index (κ3) is 2.89. The summed E-state index contributed by atoms with van der Waals surface area (Å²) in [5.41, 5.74) is 1.29. The quantitative estimate of drug-likeness (QED) is 0.567. The number of carboxylic acids is 1. The normalized spacial score (nSPS) is 11.6. The first-order valence-electron chi connectivity index (χ1n) is 6.74. The van der Waals surface area contributed by atoms with Gasteiger partial charge in [-0.05, 0) is 17.7 Å². The molecule has 1 heterocycles. The van der Waals surface area contributed by atoms with E-state index in [-0.39, 0.29) is 17.3 Å². The summed E-state index contributed by atoms with van der Waals surface area (Å²) in [6.45, 7) is 0. The van der Waals surface area contributed by atoms with E-state index in [0.29, 0.717) is 16.7 Å². The number of para-hydroxylation sites is 2. The lowest BCUT2D eigenvalue weighted by Crippen LogP contribution is -2.09. The van der Waals surface area contributed by atoms with E-state index in [9.17, 15) is 15.2 Å². The van der Waals surface area contributed by atoms with Crippen LogP contribution in [0.4, 0.5) is 6.01 Å². The maximum atomic E-state index is 11.6. The molecule has 0 fully saturated rings. The summed E-state index contributed by atoms with van der Waals surface area (Å²) in [6, 6.07) is 17.4. The number of aliphatic carboxylic acids is 1. The Bertz CT molecular complexity index is 903. The fourth-order valence-electron chi connectivity index (χ4n) is 2.16. The number of aromatic nitrogens is 1. The number of hydrogen-bond donors (Lipinski definition) is 2. The molecule has 0 saturated heterocycles. The van der Waals surface area contributed by atoms with E-state index in [1.807, 2.05) is 12.1 Å². The van der Waals surface area contributed by atoms with Gasteiger partial charge in [-0.25, -0.2) is 4.79 Å². The fourth-order valence-corrected chi connectivity index (χ4v) is 2.16. The molecule has 0 unspecified atom stereocenters. The highest BCUT2D eigenvalue weighted by atomic mass is 16.4. The summed E-state index contributed by atoms with van der Waals surface area (Å²) in [5.74, 6) is -1.21. The summed E-state index contributed by atoms with van der Waals surface area (Å²) in [5, 5.41) is 21.4. The van der Waals surface area contributed by atoms with Crippen molar-refractivity contribution in [3.05, 3.63) is 65.9 Å². The average Bonchev–Trinajstić information content (AvgIpc) is 2.97. The second-order valence-electron chi connectivity index (χ2n) is 4.64. The minimum Gasteiger partial charge on any atom is -0.478 e. The third-order valence-corrected chi connectivity index (χ3v) is 3.16. The van der Waals surface area contributed by atoms with E-state index < -0.39 is 5.97 Å². The van der Waals surface area contributed by atoms with Crippen LogP contribution in [0.2, 0.25) is 0 Å². The number of rotatable bonds is 4. The Morgan fingerprint density at radius 1 is 1.13 bits per heavy atom. The molecule has 112 valence electrons. The maximum Gasteiger partial charge on any atom is 0.339 e. The molecule has 23 heavy (non-hydrogen) atoms. The highest BCUT2D eigenvalue weighted by Crippen LogP contribution is 2.23. The fraction of sp³-hybridized carbons (Fsp3) is 0. The molecule has 0 atom stereocenters.